The van der Waals surface area contributed by atoms with Crippen LogP contribution in [0.25, 0.3) is 0 Å². The lowest BCUT2D eigenvalue weighted by atomic mass is 9.71. The van der Waals surface area contributed by atoms with E-state index < -0.39 is 0 Å². The van der Waals surface area contributed by atoms with Crippen molar-refractivity contribution in [2.75, 3.05) is 0 Å². The molecule has 1 aliphatic rings. The minimum Gasteiger partial charge on any atom is -0.490 e. The van der Waals surface area contributed by atoms with Gasteiger partial charge in [0.05, 0.1) is 6.10 Å². The zero-order chi connectivity index (χ0) is 16.9. The predicted molar refractivity (Wildman–Crippen MR) is 92.4 cm³/mol. The van der Waals surface area contributed by atoms with Crippen LogP contribution in [-0.4, -0.2) is 17.7 Å². The summed E-state index contributed by atoms with van der Waals surface area (Å²) in [6.45, 7) is 9.68. The average molecular weight is 316 g/mol. The van der Waals surface area contributed by atoms with Crippen molar-refractivity contribution >= 4 is 5.97 Å². The normalized spacial score (nSPS) is 27.3. The predicted octanol–water partition coefficient (Wildman–Crippen LogP) is 4.91. The Bertz CT molecular complexity index is 537. The van der Waals surface area contributed by atoms with Gasteiger partial charge >= 0.3 is 5.97 Å². The fraction of sp³-hybridized carbons (Fsp3) is 0.550. The maximum absolute atomic E-state index is 12.1. The van der Waals surface area contributed by atoms with Crippen LogP contribution in [0.15, 0.2) is 42.5 Å². The van der Waals surface area contributed by atoms with Gasteiger partial charge in [0.1, 0.15) is 11.4 Å². The van der Waals surface area contributed by atoms with Crippen molar-refractivity contribution in [2.45, 2.75) is 64.6 Å². The van der Waals surface area contributed by atoms with Crippen LogP contribution >= 0.6 is 0 Å². The molecule has 0 heterocycles. The molecule has 3 atom stereocenters. The van der Waals surface area contributed by atoms with Gasteiger partial charge in [-0.05, 0) is 51.2 Å². The quantitative estimate of drug-likeness (QED) is 0.552. The van der Waals surface area contributed by atoms with Crippen LogP contribution in [0.3, 0.4) is 0 Å². The Hall–Kier alpha value is -1.77. The van der Waals surface area contributed by atoms with Gasteiger partial charge in [0.25, 0.3) is 0 Å². The van der Waals surface area contributed by atoms with Gasteiger partial charge < -0.3 is 9.47 Å². The van der Waals surface area contributed by atoms with Crippen molar-refractivity contribution < 1.29 is 14.3 Å². The number of rotatable bonds is 6. The molecule has 126 valence electrons. The molecule has 0 spiro atoms. The summed E-state index contributed by atoms with van der Waals surface area (Å²) in [5.74, 6) is 0.960. The lowest BCUT2D eigenvalue weighted by Crippen LogP contribution is -2.48. The van der Waals surface area contributed by atoms with Gasteiger partial charge in [-0.2, -0.15) is 0 Å². The molecule has 0 aliphatic heterocycles. The number of carbonyl (C=O) groups excluding carboxylic acids is 1. The van der Waals surface area contributed by atoms with Gasteiger partial charge in [0.15, 0.2) is 0 Å². The third-order valence-corrected chi connectivity index (χ3v) is 4.96. The molecule has 1 aromatic carbocycles. The molecule has 1 aliphatic carbocycles. The number of para-hydroxylation sites is 1. The molecule has 23 heavy (non-hydrogen) atoms. The zero-order valence-corrected chi connectivity index (χ0v) is 14.5. The van der Waals surface area contributed by atoms with Crippen molar-refractivity contribution in [2.24, 2.45) is 5.92 Å². The van der Waals surface area contributed by atoms with Gasteiger partial charge in [-0.25, -0.2) is 4.79 Å². The second kappa shape index (κ2) is 7.67. The molecule has 2 rings (SSSR count). The summed E-state index contributed by atoms with van der Waals surface area (Å²) < 4.78 is 12.0. The summed E-state index contributed by atoms with van der Waals surface area (Å²) in [5.41, 5.74) is 0.0942. The van der Waals surface area contributed by atoms with Crippen molar-refractivity contribution in [1.82, 2.24) is 0 Å². The minimum absolute atomic E-state index is 0.186. The third kappa shape index (κ3) is 4.15. The summed E-state index contributed by atoms with van der Waals surface area (Å²) >= 11 is 0. The Morgan fingerprint density at radius 1 is 1.30 bits per heavy atom. The SMILES string of the molecule is C=C(C)C(=O)OC1(CC)CCC(Oc2ccccc2)CC1CC. The van der Waals surface area contributed by atoms with E-state index in [1.807, 2.05) is 30.3 Å². The summed E-state index contributed by atoms with van der Waals surface area (Å²) in [6, 6.07) is 9.94. The van der Waals surface area contributed by atoms with Crippen molar-refractivity contribution in [3.05, 3.63) is 42.5 Å². The molecular weight excluding hydrogens is 288 g/mol. The largest absolute Gasteiger partial charge is 0.490 e. The Morgan fingerprint density at radius 3 is 2.57 bits per heavy atom. The highest BCUT2D eigenvalue weighted by Gasteiger charge is 2.45. The lowest BCUT2D eigenvalue weighted by molar-refractivity contribution is -0.170. The van der Waals surface area contributed by atoms with E-state index in [-0.39, 0.29) is 17.7 Å². The van der Waals surface area contributed by atoms with E-state index in [1.165, 1.54) is 0 Å². The van der Waals surface area contributed by atoms with E-state index in [1.54, 1.807) is 6.92 Å². The number of benzene rings is 1. The molecular formula is C20H28O3. The minimum atomic E-state index is -0.374. The highest BCUT2D eigenvalue weighted by atomic mass is 16.6. The van der Waals surface area contributed by atoms with Crippen LogP contribution in [0.5, 0.6) is 5.75 Å². The van der Waals surface area contributed by atoms with Gasteiger partial charge in [-0.1, -0.05) is 38.6 Å². The summed E-state index contributed by atoms with van der Waals surface area (Å²) in [4.78, 5) is 12.1. The fourth-order valence-corrected chi connectivity index (χ4v) is 3.54. The molecule has 3 nitrogen and oxygen atoms in total. The first kappa shape index (κ1) is 17.6. The second-order valence-corrected chi connectivity index (χ2v) is 6.52. The number of esters is 1. The van der Waals surface area contributed by atoms with Gasteiger partial charge in [0, 0.05) is 11.5 Å². The second-order valence-electron chi connectivity index (χ2n) is 6.52. The molecule has 0 bridgehead atoms. The lowest BCUT2D eigenvalue weighted by Gasteiger charge is -2.45. The third-order valence-electron chi connectivity index (χ3n) is 4.96. The zero-order valence-electron chi connectivity index (χ0n) is 14.5. The van der Waals surface area contributed by atoms with Crippen LogP contribution in [0.2, 0.25) is 0 Å². The van der Waals surface area contributed by atoms with Crippen LogP contribution in [0.1, 0.15) is 52.9 Å². The molecule has 0 N–H and O–H groups in total. The number of carbonyl (C=O) groups is 1. The Kier molecular flexibility index (Phi) is 5.86. The number of hydrogen-bond donors (Lipinski definition) is 0. The standard InChI is InChI=1S/C20H28O3/c1-5-16-14-18(22-17-10-8-7-9-11-17)12-13-20(16,6-2)23-19(21)15(3)4/h7-11,16,18H,3,5-6,12-14H2,1-2,4H3. The molecule has 1 aromatic rings. The Labute approximate surface area is 139 Å². The molecule has 0 amide bonds. The molecule has 0 aromatic heterocycles. The Morgan fingerprint density at radius 2 is 2.00 bits per heavy atom. The van der Waals surface area contributed by atoms with Gasteiger partial charge in [0.2, 0.25) is 0 Å². The number of hydrogen-bond acceptors (Lipinski definition) is 3. The highest BCUT2D eigenvalue weighted by molar-refractivity contribution is 5.87. The average Bonchev–Trinajstić information content (AvgIpc) is 2.57. The highest BCUT2D eigenvalue weighted by Crippen LogP contribution is 2.42. The van der Waals surface area contributed by atoms with Crippen molar-refractivity contribution in [3.63, 3.8) is 0 Å². The number of ether oxygens (including phenoxy) is 2. The van der Waals surface area contributed by atoms with E-state index in [0.29, 0.717) is 11.5 Å². The van der Waals surface area contributed by atoms with E-state index in [4.69, 9.17) is 9.47 Å². The van der Waals surface area contributed by atoms with E-state index in [0.717, 1.165) is 37.9 Å². The van der Waals surface area contributed by atoms with Crippen LogP contribution in [0, 0.1) is 5.92 Å². The smallest absolute Gasteiger partial charge is 0.333 e. The molecule has 0 saturated heterocycles. The fourth-order valence-electron chi connectivity index (χ4n) is 3.54. The first-order chi connectivity index (χ1) is 11.0. The summed E-state index contributed by atoms with van der Waals surface area (Å²) in [5, 5.41) is 0. The molecule has 3 unspecified atom stereocenters. The van der Waals surface area contributed by atoms with Gasteiger partial charge in [-0.3, -0.25) is 0 Å². The molecule has 3 heteroatoms. The Balaban J connectivity index is 2.07. The molecule has 1 saturated carbocycles. The molecule has 0 radical (unpaired) electrons. The van der Waals surface area contributed by atoms with Gasteiger partial charge in [-0.15, -0.1) is 0 Å². The summed E-state index contributed by atoms with van der Waals surface area (Å²) in [7, 11) is 0. The first-order valence-electron chi connectivity index (χ1n) is 8.61. The maximum Gasteiger partial charge on any atom is 0.333 e. The maximum atomic E-state index is 12.1. The first-order valence-corrected chi connectivity index (χ1v) is 8.61. The van der Waals surface area contributed by atoms with Crippen LogP contribution in [-0.2, 0) is 9.53 Å². The van der Waals surface area contributed by atoms with E-state index in [9.17, 15) is 4.79 Å². The van der Waals surface area contributed by atoms with Crippen LogP contribution < -0.4 is 4.74 Å². The van der Waals surface area contributed by atoms with E-state index >= 15 is 0 Å². The monoisotopic (exact) mass is 316 g/mol. The summed E-state index contributed by atoms with van der Waals surface area (Å²) in [6.07, 6.45) is 4.67. The topological polar surface area (TPSA) is 35.5 Å². The van der Waals surface area contributed by atoms with Crippen molar-refractivity contribution in [1.29, 1.82) is 0 Å². The molecule has 1 fully saturated rings. The van der Waals surface area contributed by atoms with E-state index in [2.05, 4.69) is 20.4 Å². The van der Waals surface area contributed by atoms with Crippen molar-refractivity contribution in [3.8, 4) is 5.75 Å². The van der Waals surface area contributed by atoms with Crippen LogP contribution in [0.4, 0.5) is 0 Å².